The van der Waals surface area contributed by atoms with Gasteiger partial charge in [-0.25, -0.2) is 8.78 Å². The first kappa shape index (κ1) is 13.1. The van der Waals surface area contributed by atoms with Gasteiger partial charge >= 0.3 is 0 Å². The molecule has 2 rings (SSSR count). The van der Waals surface area contributed by atoms with Gasteiger partial charge in [0.1, 0.15) is 11.6 Å². The second kappa shape index (κ2) is 5.57. The summed E-state index contributed by atoms with van der Waals surface area (Å²) in [5.74, 6) is -1.39. The number of benzene rings is 1. The summed E-state index contributed by atoms with van der Waals surface area (Å²) in [5, 5.41) is 0. The van der Waals surface area contributed by atoms with Crippen LogP contribution in [-0.4, -0.2) is 19.0 Å². The Balaban J connectivity index is 2.10. The molecule has 0 radical (unpaired) electrons. The van der Waals surface area contributed by atoms with E-state index in [1.54, 1.807) is 0 Å². The highest BCUT2D eigenvalue weighted by atomic mass is 19.1. The average molecular weight is 254 g/mol. The number of rotatable bonds is 3. The van der Waals surface area contributed by atoms with Gasteiger partial charge < -0.3 is 4.74 Å². The quantitative estimate of drug-likeness (QED) is 0.774. The number of ketones is 1. The van der Waals surface area contributed by atoms with Gasteiger partial charge in [0.05, 0.1) is 5.56 Å². The summed E-state index contributed by atoms with van der Waals surface area (Å²) < 4.78 is 31.9. The number of aryl methyl sites for hydroxylation is 1. The van der Waals surface area contributed by atoms with Crippen LogP contribution in [0.4, 0.5) is 8.78 Å². The van der Waals surface area contributed by atoms with Gasteiger partial charge in [0, 0.05) is 25.7 Å². The Morgan fingerprint density at radius 1 is 1.28 bits per heavy atom. The minimum atomic E-state index is -0.768. The Morgan fingerprint density at radius 3 is 2.61 bits per heavy atom. The second-order valence-electron chi connectivity index (χ2n) is 4.76. The third kappa shape index (κ3) is 2.93. The molecule has 0 atom stereocenters. The van der Waals surface area contributed by atoms with Crippen molar-refractivity contribution in [1.82, 2.24) is 0 Å². The van der Waals surface area contributed by atoms with Gasteiger partial charge in [0.15, 0.2) is 5.78 Å². The number of carbonyl (C=O) groups is 1. The Bertz CT molecular complexity index is 451. The number of Topliss-reactive ketones (excluding diaryl/α,β-unsaturated/α-hetero) is 1. The van der Waals surface area contributed by atoms with Crippen molar-refractivity contribution in [3.05, 3.63) is 34.9 Å². The first-order valence-corrected chi connectivity index (χ1v) is 6.14. The molecular weight excluding hydrogens is 238 g/mol. The van der Waals surface area contributed by atoms with E-state index in [4.69, 9.17) is 4.74 Å². The van der Waals surface area contributed by atoms with Crippen LogP contribution in [0.5, 0.6) is 0 Å². The molecule has 0 saturated carbocycles. The fraction of sp³-hybridized carbons (Fsp3) is 0.500. The minimum Gasteiger partial charge on any atom is -0.381 e. The highest BCUT2D eigenvalue weighted by Crippen LogP contribution is 2.23. The molecule has 0 spiro atoms. The summed E-state index contributed by atoms with van der Waals surface area (Å²) in [6.07, 6.45) is 1.96. The molecule has 0 bridgehead atoms. The lowest BCUT2D eigenvalue weighted by molar-refractivity contribution is 0.0600. The number of carbonyl (C=O) groups excluding carboxylic acids is 1. The third-order valence-electron chi connectivity index (χ3n) is 3.36. The topological polar surface area (TPSA) is 26.3 Å². The highest BCUT2D eigenvalue weighted by molar-refractivity contribution is 5.96. The van der Waals surface area contributed by atoms with E-state index in [1.807, 2.05) is 0 Å². The van der Waals surface area contributed by atoms with E-state index in [9.17, 15) is 13.6 Å². The number of halogens is 2. The molecule has 0 amide bonds. The first-order chi connectivity index (χ1) is 8.58. The minimum absolute atomic E-state index is 0.000363. The largest absolute Gasteiger partial charge is 0.381 e. The van der Waals surface area contributed by atoms with E-state index >= 15 is 0 Å². The van der Waals surface area contributed by atoms with Gasteiger partial charge in [0.25, 0.3) is 0 Å². The molecule has 1 aliphatic rings. The lowest BCUT2D eigenvalue weighted by atomic mass is 9.91. The maximum atomic E-state index is 13.5. The van der Waals surface area contributed by atoms with Crippen LogP contribution in [0.2, 0.25) is 0 Å². The molecule has 98 valence electrons. The SMILES string of the molecule is Cc1cc(C(=O)CC2CCOCC2)c(F)cc1F. The summed E-state index contributed by atoms with van der Waals surface area (Å²) in [5.41, 5.74) is 0.298. The van der Waals surface area contributed by atoms with Crippen LogP contribution in [-0.2, 0) is 4.74 Å². The van der Waals surface area contributed by atoms with E-state index in [0.717, 1.165) is 18.9 Å². The van der Waals surface area contributed by atoms with Gasteiger partial charge in [0.2, 0.25) is 0 Å². The fourth-order valence-electron chi connectivity index (χ4n) is 2.19. The molecule has 4 heteroatoms. The zero-order valence-corrected chi connectivity index (χ0v) is 10.3. The third-order valence-corrected chi connectivity index (χ3v) is 3.36. The van der Waals surface area contributed by atoms with Crippen LogP contribution in [0.25, 0.3) is 0 Å². The van der Waals surface area contributed by atoms with Gasteiger partial charge in [-0.15, -0.1) is 0 Å². The van der Waals surface area contributed by atoms with Crippen LogP contribution in [0.1, 0.15) is 35.2 Å². The zero-order chi connectivity index (χ0) is 13.1. The van der Waals surface area contributed by atoms with E-state index in [2.05, 4.69) is 0 Å². The van der Waals surface area contributed by atoms with Crippen molar-refractivity contribution in [3.63, 3.8) is 0 Å². The van der Waals surface area contributed by atoms with Crippen molar-refractivity contribution >= 4 is 5.78 Å². The number of hydrogen-bond acceptors (Lipinski definition) is 2. The lowest BCUT2D eigenvalue weighted by Crippen LogP contribution is -2.19. The Kier molecular flexibility index (Phi) is 4.07. The molecule has 0 N–H and O–H groups in total. The van der Waals surface area contributed by atoms with Gasteiger partial charge in [-0.05, 0) is 37.3 Å². The molecule has 1 fully saturated rings. The average Bonchev–Trinajstić information content (AvgIpc) is 2.35. The van der Waals surface area contributed by atoms with Crippen LogP contribution < -0.4 is 0 Å². The molecule has 1 heterocycles. The van der Waals surface area contributed by atoms with Crippen molar-refractivity contribution in [1.29, 1.82) is 0 Å². The monoisotopic (exact) mass is 254 g/mol. The molecule has 0 aromatic heterocycles. The normalized spacial score (nSPS) is 16.8. The zero-order valence-electron chi connectivity index (χ0n) is 10.3. The molecule has 1 aromatic rings. The smallest absolute Gasteiger partial charge is 0.166 e. The molecule has 1 saturated heterocycles. The molecule has 1 aromatic carbocycles. The molecule has 18 heavy (non-hydrogen) atoms. The standard InChI is InChI=1S/C14H16F2O2/c1-9-6-11(13(16)8-12(9)15)14(17)7-10-2-4-18-5-3-10/h6,8,10H,2-5,7H2,1H3. The van der Waals surface area contributed by atoms with Crippen molar-refractivity contribution in [3.8, 4) is 0 Å². The van der Waals surface area contributed by atoms with E-state index in [0.29, 0.717) is 25.2 Å². The Morgan fingerprint density at radius 2 is 1.94 bits per heavy atom. The van der Waals surface area contributed by atoms with Crippen molar-refractivity contribution < 1.29 is 18.3 Å². The van der Waals surface area contributed by atoms with E-state index in [1.165, 1.54) is 13.0 Å². The van der Waals surface area contributed by atoms with Gasteiger partial charge in [-0.3, -0.25) is 4.79 Å². The highest BCUT2D eigenvalue weighted by Gasteiger charge is 2.21. The second-order valence-corrected chi connectivity index (χ2v) is 4.76. The van der Waals surface area contributed by atoms with Crippen molar-refractivity contribution in [2.45, 2.75) is 26.2 Å². The maximum absolute atomic E-state index is 13.5. The predicted octanol–water partition coefficient (Wildman–Crippen LogP) is 3.27. The predicted molar refractivity (Wildman–Crippen MR) is 63.6 cm³/mol. The van der Waals surface area contributed by atoms with Crippen molar-refractivity contribution in [2.24, 2.45) is 5.92 Å². The van der Waals surface area contributed by atoms with Crippen LogP contribution in [0, 0.1) is 24.5 Å². The van der Waals surface area contributed by atoms with E-state index in [-0.39, 0.29) is 17.3 Å². The van der Waals surface area contributed by atoms with Gasteiger partial charge in [-0.1, -0.05) is 0 Å². The Labute approximate surface area is 105 Å². The van der Waals surface area contributed by atoms with Gasteiger partial charge in [-0.2, -0.15) is 0 Å². The van der Waals surface area contributed by atoms with E-state index < -0.39 is 11.6 Å². The number of ether oxygens (including phenoxy) is 1. The molecular formula is C14H16F2O2. The molecule has 0 unspecified atom stereocenters. The maximum Gasteiger partial charge on any atom is 0.166 e. The van der Waals surface area contributed by atoms with Crippen LogP contribution in [0.3, 0.4) is 0 Å². The van der Waals surface area contributed by atoms with Crippen LogP contribution >= 0.6 is 0 Å². The summed E-state index contributed by atoms with van der Waals surface area (Å²) in [4.78, 5) is 12.0. The lowest BCUT2D eigenvalue weighted by Gasteiger charge is -2.21. The summed E-state index contributed by atoms with van der Waals surface area (Å²) in [7, 11) is 0. The molecule has 1 aliphatic heterocycles. The fourth-order valence-corrected chi connectivity index (χ4v) is 2.19. The summed E-state index contributed by atoms with van der Waals surface area (Å²) in [6.45, 7) is 2.84. The molecule has 0 aliphatic carbocycles. The van der Waals surface area contributed by atoms with Crippen molar-refractivity contribution in [2.75, 3.05) is 13.2 Å². The summed E-state index contributed by atoms with van der Waals surface area (Å²) in [6, 6.07) is 2.08. The van der Waals surface area contributed by atoms with Crippen LogP contribution in [0.15, 0.2) is 12.1 Å². The number of hydrogen-bond donors (Lipinski definition) is 0. The summed E-state index contributed by atoms with van der Waals surface area (Å²) >= 11 is 0. The molecule has 2 nitrogen and oxygen atoms in total. The first-order valence-electron chi connectivity index (χ1n) is 6.14. The Hall–Kier alpha value is -1.29.